The number of nitrogens with one attached hydrogen (secondary N) is 2. The van der Waals surface area contributed by atoms with Gasteiger partial charge < -0.3 is 15.7 Å². The fourth-order valence-electron chi connectivity index (χ4n) is 1.69. The lowest BCUT2D eigenvalue weighted by molar-refractivity contribution is 0.249. The van der Waals surface area contributed by atoms with E-state index in [1.807, 2.05) is 13.0 Å². The fourth-order valence-corrected chi connectivity index (χ4v) is 1.69. The van der Waals surface area contributed by atoms with Gasteiger partial charge in [0, 0.05) is 19.0 Å². The van der Waals surface area contributed by atoms with Gasteiger partial charge in [0.25, 0.3) is 0 Å². The van der Waals surface area contributed by atoms with Crippen molar-refractivity contribution >= 4 is 11.6 Å². The molecule has 1 rings (SSSR count). The maximum atomic E-state index is 9.37. The largest absolute Gasteiger partial charge is 0.394 e. The van der Waals surface area contributed by atoms with E-state index >= 15 is 0 Å². The molecule has 0 fully saturated rings. The van der Waals surface area contributed by atoms with E-state index < -0.39 is 0 Å². The lowest BCUT2D eigenvalue weighted by Crippen LogP contribution is -2.30. The minimum atomic E-state index is 0.0126. The minimum Gasteiger partial charge on any atom is -0.394 e. The van der Waals surface area contributed by atoms with Crippen molar-refractivity contribution in [3.63, 3.8) is 0 Å². The molecule has 1 atom stereocenters. The van der Waals surface area contributed by atoms with Crippen molar-refractivity contribution < 1.29 is 5.11 Å². The number of nitrogens with zero attached hydrogens (tertiary/aromatic N) is 2. The molecule has 108 valence electrons. The summed E-state index contributed by atoms with van der Waals surface area (Å²) in [5, 5.41) is 15.9. The van der Waals surface area contributed by atoms with Gasteiger partial charge in [0.1, 0.15) is 17.5 Å². The van der Waals surface area contributed by atoms with Gasteiger partial charge in [-0.1, -0.05) is 27.7 Å². The summed E-state index contributed by atoms with van der Waals surface area (Å²) in [5.74, 6) is 2.77. The number of aromatic nitrogens is 2. The first-order valence-corrected chi connectivity index (χ1v) is 7.09. The highest BCUT2D eigenvalue weighted by atomic mass is 16.3. The van der Waals surface area contributed by atoms with Crippen LogP contribution in [-0.2, 0) is 6.42 Å². The molecule has 5 nitrogen and oxygen atoms in total. The number of aryl methyl sites for hydroxylation is 1. The van der Waals surface area contributed by atoms with Crippen LogP contribution < -0.4 is 10.6 Å². The highest BCUT2D eigenvalue weighted by molar-refractivity contribution is 5.48. The third-order valence-electron chi connectivity index (χ3n) is 2.98. The van der Waals surface area contributed by atoms with Gasteiger partial charge in [0.05, 0.1) is 12.6 Å². The van der Waals surface area contributed by atoms with Crippen molar-refractivity contribution in [2.24, 2.45) is 5.92 Å². The van der Waals surface area contributed by atoms with Crippen molar-refractivity contribution in [3.8, 4) is 0 Å². The average Bonchev–Trinajstić information content (AvgIpc) is 2.41. The molecule has 0 saturated carbocycles. The SMILES string of the molecule is CCCNc1cc(N[C@H](CO)C(C)C)nc(CC)n1. The molecule has 1 aromatic heterocycles. The molecule has 0 saturated heterocycles. The summed E-state index contributed by atoms with van der Waals surface area (Å²) < 4.78 is 0. The van der Waals surface area contributed by atoms with Crippen molar-refractivity contribution in [2.75, 3.05) is 23.8 Å². The molecule has 0 radical (unpaired) electrons. The van der Waals surface area contributed by atoms with Crippen LogP contribution >= 0.6 is 0 Å². The van der Waals surface area contributed by atoms with Gasteiger partial charge in [0.2, 0.25) is 0 Å². The molecule has 0 bridgehead atoms. The molecule has 1 heterocycles. The molecule has 19 heavy (non-hydrogen) atoms. The number of aliphatic hydroxyl groups excluding tert-OH is 1. The molecular formula is C14H26N4O. The zero-order valence-corrected chi connectivity index (χ0v) is 12.4. The van der Waals surface area contributed by atoms with Crippen LogP contribution in [-0.4, -0.2) is 34.3 Å². The topological polar surface area (TPSA) is 70.1 Å². The quantitative estimate of drug-likeness (QED) is 0.673. The van der Waals surface area contributed by atoms with E-state index in [1.54, 1.807) is 0 Å². The number of aliphatic hydroxyl groups is 1. The first kappa shape index (κ1) is 15.7. The second-order valence-corrected chi connectivity index (χ2v) is 5.01. The van der Waals surface area contributed by atoms with Crippen LogP contribution in [0.3, 0.4) is 0 Å². The van der Waals surface area contributed by atoms with E-state index in [-0.39, 0.29) is 12.6 Å². The predicted molar refractivity (Wildman–Crippen MR) is 79.5 cm³/mol. The van der Waals surface area contributed by atoms with Crippen molar-refractivity contribution in [2.45, 2.75) is 46.6 Å². The van der Waals surface area contributed by atoms with E-state index in [0.29, 0.717) is 5.92 Å². The molecule has 0 aromatic carbocycles. The summed E-state index contributed by atoms with van der Waals surface area (Å²) in [6.45, 7) is 9.30. The Bertz CT molecular complexity index is 382. The third-order valence-corrected chi connectivity index (χ3v) is 2.98. The third kappa shape index (κ3) is 5.03. The Morgan fingerprint density at radius 2 is 1.89 bits per heavy atom. The van der Waals surface area contributed by atoms with Gasteiger partial charge in [-0.15, -0.1) is 0 Å². The molecule has 0 amide bonds. The van der Waals surface area contributed by atoms with Gasteiger partial charge in [-0.2, -0.15) is 0 Å². The monoisotopic (exact) mass is 266 g/mol. The molecule has 0 aliphatic heterocycles. The summed E-state index contributed by atoms with van der Waals surface area (Å²) in [6.07, 6.45) is 1.85. The molecule has 0 unspecified atom stereocenters. The van der Waals surface area contributed by atoms with Gasteiger partial charge in [0.15, 0.2) is 0 Å². The Morgan fingerprint density at radius 3 is 2.42 bits per heavy atom. The lowest BCUT2D eigenvalue weighted by atomic mass is 10.1. The summed E-state index contributed by atoms with van der Waals surface area (Å²) in [5.41, 5.74) is 0. The molecule has 0 aliphatic carbocycles. The molecule has 0 spiro atoms. The van der Waals surface area contributed by atoms with Crippen molar-refractivity contribution in [1.29, 1.82) is 0 Å². The van der Waals surface area contributed by atoms with E-state index in [9.17, 15) is 5.11 Å². The van der Waals surface area contributed by atoms with E-state index in [1.165, 1.54) is 0 Å². The summed E-state index contributed by atoms with van der Waals surface area (Å²) in [6, 6.07) is 1.92. The van der Waals surface area contributed by atoms with Crippen LogP contribution in [0.15, 0.2) is 6.07 Å². The van der Waals surface area contributed by atoms with Crippen LogP contribution in [0.5, 0.6) is 0 Å². The standard InChI is InChI=1S/C14H26N4O/c1-5-7-15-13-8-14(18-12(6-2)17-13)16-11(9-19)10(3)4/h8,10-11,19H,5-7,9H2,1-4H3,(H2,15,16,17,18)/t11-/m1/s1. The Morgan fingerprint density at radius 1 is 1.21 bits per heavy atom. The Kier molecular flexibility index (Phi) is 6.56. The van der Waals surface area contributed by atoms with Gasteiger partial charge in [-0.25, -0.2) is 9.97 Å². The fraction of sp³-hybridized carbons (Fsp3) is 0.714. The van der Waals surface area contributed by atoms with Gasteiger partial charge in [-0.05, 0) is 12.3 Å². The molecule has 5 heteroatoms. The zero-order chi connectivity index (χ0) is 14.3. The molecule has 3 N–H and O–H groups in total. The van der Waals surface area contributed by atoms with E-state index in [4.69, 9.17) is 0 Å². The predicted octanol–water partition coefficient (Wildman–Crippen LogP) is 2.29. The van der Waals surface area contributed by atoms with Gasteiger partial charge in [-0.3, -0.25) is 0 Å². The summed E-state index contributed by atoms with van der Waals surface area (Å²) in [4.78, 5) is 8.90. The van der Waals surface area contributed by atoms with Crippen LogP contribution in [0, 0.1) is 5.92 Å². The molecular weight excluding hydrogens is 240 g/mol. The molecule has 1 aromatic rings. The van der Waals surface area contributed by atoms with Crippen LogP contribution in [0.25, 0.3) is 0 Å². The number of anilines is 2. The van der Waals surface area contributed by atoms with Crippen LogP contribution in [0.1, 0.15) is 39.9 Å². The maximum Gasteiger partial charge on any atom is 0.132 e. The Labute approximate surface area is 115 Å². The lowest BCUT2D eigenvalue weighted by Gasteiger charge is -2.21. The highest BCUT2D eigenvalue weighted by Crippen LogP contribution is 2.15. The average molecular weight is 266 g/mol. The van der Waals surface area contributed by atoms with Crippen LogP contribution in [0.2, 0.25) is 0 Å². The second-order valence-electron chi connectivity index (χ2n) is 5.01. The summed E-state index contributed by atoms with van der Waals surface area (Å²) >= 11 is 0. The van der Waals surface area contributed by atoms with Crippen molar-refractivity contribution in [3.05, 3.63) is 11.9 Å². The minimum absolute atomic E-state index is 0.0126. The number of hydrogen-bond acceptors (Lipinski definition) is 5. The Hall–Kier alpha value is -1.36. The van der Waals surface area contributed by atoms with Crippen LogP contribution in [0.4, 0.5) is 11.6 Å². The van der Waals surface area contributed by atoms with Gasteiger partial charge >= 0.3 is 0 Å². The zero-order valence-electron chi connectivity index (χ0n) is 12.4. The maximum absolute atomic E-state index is 9.37. The van der Waals surface area contributed by atoms with E-state index in [2.05, 4.69) is 41.4 Å². The Balaban J connectivity index is 2.86. The number of hydrogen-bond donors (Lipinski definition) is 3. The summed E-state index contributed by atoms with van der Waals surface area (Å²) in [7, 11) is 0. The first-order valence-electron chi connectivity index (χ1n) is 7.09. The van der Waals surface area contributed by atoms with Crippen molar-refractivity contribution in [1.82, 2.24) is 9.97 Å². The smallest absolute Gasteiger partial charge is 0.132 e. The molecule has 0 aliphatic rings. The first-order chi connectivity index (χ1) is 9.10. The second kappa shape index (κ2) is 7.94. The normalized spacial score (nSPS) is 12.5. The van der Waals surface area contributed by atoms with E-state index in [0.717, 1.165) is 36.8 Å². The number of rotatable bonds is 8. The highest BCUT2D eigenvalue weighted by Gasteiger charge is 2.13.